The summed E-state index contributed by atoms with van der Waals surface area (Å²) < 4.78 is 0. The molecule has 3 nitrogen and oxygen atoms in total. The highest BCUT2D eigenvalue weighted by Crippen LogP contribution is 2.45. The molecular weight excluding hydrogens is 212 g/mol. The van der Waals surface area contributed by atoms with Crippen LogP contribution in [0.3, 0.4) is 0 Å². The second kappa shape index (κ2) is 3.58. The zero-order valence-corrected chi connectivity index (χ0v) is 10.1. The first-order valence-corrected chi connectivity index (χ1v) is 7.02. The van der Waals surface area contributed by atoms with Crippen molar-refractivity contribution in [1.29, 1.82) is 0 Å². The van der Waals surface area contributed by atoms with E-state index in [4.69, 9.17) is 0 Å². The van der Waals surface area contributed by atoms with Crippen molar-refractivity contribution in [2.24, 2.45) is 23.7 Å². The Morgan fingerprint density at radius 1 is 1.24 bits per heavy atom. The number of fused-ring (bicyclic) bond motifs is 3. The summed E-state index contributed by atoms with van der Waals surface area (Å²) in [5, 5.41) is 3.43. The fourth-order valence-electron chi connectivity index (χ4n) is 4.40. The topological polar surface area (TPSA) is 32.3 Å². The molecule has 17 heavy (non-hydrogen) atoms. The van der Waals surface area contributed by atoms with E-state index in [2.05, 4.69) is 22.4 Å². The molecule has 2 aliphatic carbocycles. The zero-order valence-electron chi connectivity index (χ0n) is 10.1. The van der Waals surface area contributed by atoms with Gasteiger partial charge in [-0.15, -0.1) is 0 Å². The predicted octanol–water partition coefficient (Wildman–Crippen LogP) is 1.02. The average molecular weight is 232 g/mol. The number of allylic oxidation sites excluding steroid dienone is 2. The maximum atomic E-state index is 12.6. The Hall–Kier alpha value is -0.830. The van der Waals surface area contributed by atoms with Crippen molar-refractivity contribution >= 4 is 5.91 Å². The van der Waals surface area contributed by atoms with Gasteiger partial charge in [0, 0.05) is 31.6 Å². The molecule has 1 saturated carbocycles. The van der Waals surface area contributed by atoms with Crippen LogP contribution in [0.15, 0.2) is 12.2 Å². The number of nitrogens with zero attached hydrogens (tertiary/aromatic N) is 1. The minimum atomic E-state index is 0.310. The summed E-state index contributed by atoms with van der Waals surface area (Å²) in [4.78, 5) is 14.8. The van der Waals surface area contributed by atoms with E-state index in [0.29, 0.717) is 29.7 Å². The Labute approximate surface area is 102 Å². The first-order chi connectivity index (χ1) is 8.33. The van der Waals surface area contributed by atoms with Crippen LogP contribution in [0.2, 0.25) is 0 Å². The van der Waals surface area contributed by atoms with Crippen molar-refractivity contribution in [2.45, 2.75) is 25.3 Å². The van der Waals surface area contributed by atoms with Crippen LogP contribution in [0.1, 0.15) is 19.3 Å². The Morgan fingerprint density at radius 2 is 2.18 bits per heavy atom. The number of carbonyl (C=O) groups is 1. The molecule has 4 rings (SSSR count). The van der Waals surface area contributed by atoms with Crippen LogP contribution in [-0.4, -0.2) is 36.5 Å². The molecule has 3 fully saturated rings. The van der Waals surface area contributed by atoms with E-state index in [1.165, 1.54) is 12.8 Å². The van der Waals surface area contributed by atoms with E-state index in [-0.39, 0.29) is 0 Å². The van der Waals surface area contributed by atoms with Crippen LogP contribution < -0.4 is 5.32 Å². The molecule has 1 N–H and O–H groups in total. The number of carbonyl (C=O) groups excluding carboxylic acids is 1. The largest absolute Gasteiger partial charge is 0.338 e. The number of rotatable bonds is 1. The Kier molecular flexibility index (Phi) is 2.13. The second-order valence-corrected chi connectivity index (χ2v) is 6.19. The molecule has 2 bridgehead atoms. The van der Waals surface area contributed by atoms with Gasteiger partial charge in [-0.2, -0.15) is 0 Å². The van der Waals surface area contributed by atoms with Gasteiger partial charge in [-0.3, -0.25) is 4.79 Å². The summed E-state index contributed by atoms with van der Waals surface area (Å²) in [6.07, 6.45) is 8.16. The van der Waals surface area contributed by atoms with Gasteiger partial charge in [0.1, 0.15) is 0 Å². The molecule has 0 aromatic carbocycles. The third kappa shape index (κ3) is 1.41. The molecule has 0 aromatic heterocycles. The van der Waals surface area contributed by atoms with Crippen molar-refractivity contribution < 1.29 is 4.79 Å². The van der Waals surface area contributed by atoms with Crippen LogP contribution in [0.4, 0.5) is 0 Å². The predicted molar refractivity (Wildman–Crippen MR) is 65.3 cm³/mol. The Bertz CT molecular complexity index is 378. The molecule has 1 amide bonds. The molecule has 0 radical (unpaired) electrons. The van der Waals surface area contributed by atoms with Crippen molar-refractivity contribution in [2.75, 3.05) is 19.6 Å². The summed E-state index contributed by atoms with van der Waals surface area (Å²) in [6.45, 7) is 3.14. The van der Waals surface area contributed by atoms with Crippen LogP contribution in [0, 0.1) is 23.7 Å². The van der Waals surface area contributed by atoms with Gasteiger partial charge in [0.05, 0.1) is 0 Å². The minimum absolute atomic E-state index is 0.310. The molecule has 3 unspecified atom stereocenters. The van der Waals surface area contributed by atoms with Gasteiger partial charge in [0.2, 0.25) is 5.91 Å². The van der Waals surface area contributed by atoms with Crippen LogP contribution in [0.25, 0.3) is 0 Å². The summed E-state index contributed by atoms with van der Waals surface area (Å²) >= 11 is 0. The number of likely N-dealkylation sites (tertiary alicyclic amines) is 1. The van der Waals surface area contributed by atoms with Gasteiger partial charge in [0.25, 0.3) is 0 Å². The second-order valence-electron chi connectivity index (χ2n) is 6.19. The average Bonchev–Trinajstić information content (AvgIpc) is 3.07. The fourth-order valence-corrected chi connectivity index (χ4v) is 4.40. The van der Waals surface area contributed by atoms with Crippen molar-refractivity contribution in [3.05, 3.63) is 12.2 Å². The first-order valence-electron chi connectivity index (χ1n) is 7.02. The highest BCUT2D eigenvalue weighted by molar-refractivity contribution is 5.81. The lowest BCUT2D eigenvalue weighted by Gasteiger charge is -2.29. The smallest absolute Gasteiger partial charge is 0.226 e. The number of hydrogen-bond acceptors (Lipinski definition) is 2. The van der Waals surface area contributed by atoms with Crippen molar-refractivity contribution in [1.82, 2.24) is 10.2 Å². The molecule has 0 aromatic rings. The highest BCUT2D eigenvalue weighted by atomic mass is 16.2. The number of nitrogens with one attached hydrogen (secondary N) is 1. The molecule has 4 aliphatic rings. The monoisotopic (exact) mass is 232 g/mol. The normalized spacial score (nSPS) is 46.8. The van der Waals surface area contributed by atoms with E-state index in [0.717, 1.165) is 32.0 Å². The SMILES string of the molecule is O=C(C1CC2C=CC1C2)N1CC[C@@H]2CNC[C@@H]21. The van der Waals surface area contributed by atoms with Gasteiger partial charge in [-0.25, -0.2) is 0 Å². The summed E-state index contributed by atoms with van der Waals surface area (Å²) in [7, 11) is 0. The lowest BCUT2D eigenvalue weighted by atomic mass is 9.92. The number of hydrogen-bond donors (Lipinski definition) is 1. The van der Waals surface area contributed by atoms with E-state index < -0.39 is 0 Å². The van der Waals surface area contributed by atoms with Crippen molar-refractivity contribution in [3.63, 3.8) is 0 Å². The van der Waals surface area contributed by atoms with Crippen LogP contribution in [0.5, 0.6) is 0 Å². The standard InChI is InChI=1S/C14H20N2O/c17-14(12-6-9-1-2-10(12)5-9)16-4-3-11-7-15-8-13(11)16/h1-2,9-13,15H,3-8H2/t9?,10?,11-,12?,13+/m1/s1. The van der Waals surface area contributed by atoms with Gasteiger partial charge < -0.3 is 10.2 Å². The lowest BCUT2D eigenvalue weighted by molar-refractivity contribution is -0.137. The zero-order chi connectivity index (χ0) is 11.4. The van der Waals surface area contributed by atoms with E-state index >= 15 is 0 Å². The summed E-state index contributed by atoms with van der Waals surface area (Å²) in [5.41, 5.74) is 0. The van der Waals surface area contributed by atoms with E-state index in [9.17, 15) is 4.79 Å². The first kappa shape index (κ1) is 10.1. The summed E-state index contributed by atoms with van der Waals surface area (Å²) in [5.74, 6) is 2.76. The molecule has 2 aliphatic heterocycles. The molecule has 5 atom stereocenters. The molecule has 92 valence electrons. The number of amides is 1. The molecule has 0 spiro atoms. The Morgan fingerprint density at radius 3 is 2.94 bits per heavy atom. The van der Waals surface area contributed by atoms with Crippen LogP contribution in [-0.2, 0) is 4.79 Å². The van der Waals surface area contributed by atoms with E-state index in [1.54, 1.807) is 0 Å². The van der Waals surface area contributed by atoms with Gasteiger partial charge in [-0.1, -0.05) is 12.2 Å². The van der Waals surface area contributed by atoms with Crippen LogP contribution >= 0.6 is 0 Å². The van der Waals surface area contributed by atoms with E-state index in [1.807, 2.05) is 0 Å². The van der Waals surface area contributed by atoms with Crippen molar-refractivity contribution in [3.8, 4) is 0 Å². The maximum Gasteiger partial charge on any atom is 0.226 e. The maximum absolute atomic E-state index is 12.6. The van der Waals surface area contributed by atoms with Gasteiger partial charge in [0.15, 0.2) is 0 Å². The summed E-state index contributed by atoms with van der Waals surface area (Å²) in [6, 6.07) is 0.505. The van der Waals surface area contributed by atoms with Gasteiger partial charge >= 0.3 is 0 Å². The van der Waals surface area contributed by atoms with Gasteiger partial charge in [-0.05, 0) is 37.0 Å². The highest BCUT2D eigenvalue weighted by Gasteiger charge is 2.46. The fraction of sp³-hybridized carbons (Fsp3) is 0.786. The third-order valence-electron chi connectivity index (χ3n) is 5.32. The third-order valence-corrected chi connectivity index (χ3v) is 5.32. The molecule has 2 heterocycles. The minimum Gasteiger partial charge on any atom is -0.338 e. The quantitative estimate of drug-likeness (QED) is 0.685. The molecule has 3 heteroatoms. The Balaban J connectivity index is 1.52. The molecule has 2 saturated heterocycles. The lowest BCUT2D eigenvalue weighted by Crippen LogP contribution is -2.43. The molecular formula is C14H20N2O.